The highest BCUT2D eigenvalue weighted by Gasteiger charge is 2.39. The molecule has 1 aliphatic heterocycles. The Bertz CT molecular complexity index is 409. The van der Waals surface area contributed by atoms with E-state index in [-0.39, 0.29) is 0 Å². The lowest BCUT2D eigenvalue weighted by molar-refractivity contribution is 0.276. The monoisotopic (exact) mass is 356 g/mol. The van der Waals surface area contributed by atoms with Gasteiger partial charge in [0.15, 0.2) is 0 Å². The normalized spacial score (nSPS) is 26.8. The molecule has 2 nitrogen and oxygen atoms in total. The maximum absolute atomic E-state index is 3.81. The maximum Gasteiger partial charge on any atom is 0.0387 e. The van der Waals surface area contributed by atoms with E-state index >= 15 is 0 Å². The zero-order valence-corrected chi connectivity index (χ0v) is 13.1. The van der Waals surface area contributed by atoms with E-state index in [1.165, 1.54) is 41.5 Å². The van der Waals surface area contributed by atoms with Crippen molar-refractivity contribution >= 4 is 28.3 Å². The molecule has 3 rings (SSSR count). The number of hydrogen-bond acceptors (Lipinski definition) is 2. The van der Waals surface area contributed by atoms with Crippen molar-refractivity contribution in [3.63, 3.8) is 0 Å². The van der Waals surface area contributed by atoms with Crippen molar-refractivity contribution in [3.05, 3.63) is 27.8 Å². The third-order valence-corrected chi connectivity index (χ3v) is 5.22. The molecule has 1 saturated carbocycles. The van der Waals surface area contributed by atoms with Crippen LogP contribution in [0.3, 0.4) is 0 Å². The summed E-state index contributed by atoms with van der Waals surface area (Å²) in [4.78, 5) is 2.60. The summed E-state index contributed by atoms with van der Waals surface area (Å²) < 4.78 is 1.31. The van der Waals surface area contributed by atoms with E-state index in [4.69, 9.17) is 0 Å². The summed E-state index contributed by atoms with van der Waals surface area (Å²) in [6.45, 7) is 4.62. The second kappa shape index (κ2) is 5.00. The number of nitrogens with zero attached hydrogens (tertiary/aromatic N) is 1. The van der Waals surface area contributed by atoms with Gasteiger partial charge in [-0.05, 0) is 66.6 Å². The fraction of sp³-hybridized carbons (Fsp3) is 0.600. The Labute approximate surface area is 123 Å². The van der Waals surface area contributed by atoms with Crippen LogP contribution in [0.2, 0.25) is 0 Å². The first-order valence-corrected chi connectivity index (χ1v) is 8.04. The summed E-state index contributed by atoms with van der Waals surface area (Å²) in [7, 11) is 0. The van der Waals surface area contributed by atoms with Gasteiger partial charge in [-0.15, -0.1) is 0 Å². The highest BCUT2D eigenvalue weighted by atomic mass is 127. The smallest absolute Gasteiger partial charge is 0.0387 e. The molecule has 1 aromatic rings. The lowest BCUT2D eigenvalue weighted by Crippen LogP contribution is -2.62. The molecule has 2 fully saturated rings. The van der Waals surface area contributed by atoms with Crippen LogP contribution >= 0.6 is 22.6 Å². The molecule has 0 amide bonds. The Kier molecular flexibility index (Phi) is 3.54. The summed E-state index contributed by atoms with van der Waals surface area (Å²) >= 11 is 2.37. The van der Waals surface area contributed by atoms with Crippen LogP contribution in [0.1, 0.15) is 32.6 Å². The highest BCUT2D eigenvalue weighted by Crippen LogP contribution is 2.35. The number of piperazine rings is 1. The van der Waals surface area contributed by atoms with Gasteiger partial charge in [-0.2, -0.15) is 0 Å². The van der Waals surface area contributed by atoms with Gasteiger partial charge >= 0.3 is 0 Å². The van der Waals surface area contributed by atoms with Crippen LogP contribution in [0.15, 0.2) is 24.3 Å². The number of hydrogen-bond donors (Lipinski definition) is 1. The van der Waals surface area contributed by atoms with Crippen molar-refractivity contribution in [1.82, 2.24) is 5.32 Å². The van der Waals surface area contributed by atoms with Crippen LogP contribution in [-0.4, -0.2) is 24.7 Å². The van der Waals surface area contributed by atoms with Crippen LogP contribution < -0.4 is 10.2 Å². The molecule has 0 aromatic heterocycles. The van der Waals surface area contributed by atoms with Gasteiger partial charge in [-0.3, -0.25) is 0 Å². The molecule has 1 spiro atoms. The molecule has 1 aliphatic carbocycles. The Morgan fingerprint density at radius 1 is 1.22 bits per heavy atom. The topological polar surface area (TPSA) is 15.3 Å². The van der Waals surface area contributed by atoms with E-state index in [0.717, 1.165) is 6.54 Å². The van der Waals surface area contributed by atoms with Crippen molar-refractivity contribution in [3.8, 4) is 0 Å². The second-order valence-electron chi connectivity index (χ2n) is 5.82. The first kappa shape index (κ1) is 12.7. The van der Waals surface area contributed by atoms with Crippen molar-refractivity contribution in [2.24, 2.45) is 0 Å². The minimum Gasteiger partial charge on any atom is -0.366 e. The average Bonchev–Trinajstić information content (AvgIpc) is 2.82. The van der Waals surface area contributed by atoms with Crippen molar-refractivity contribution in [1.29, 1.82) is 0 Å². The number of halogens is 1. The highest BCUT2D eigenvalue weighted by molar-refractivity contribution is 14.1. The summed E-state index contributed by atoms with van der Waals surface area (Å²) in [5.74, 6) is 0. The molecule has 3 heteroatoms. The van der Waals surface area contributed by atoms with Crippen LogP contribution in [0.5, 0.6) is 0 Å². The molecule has 1 unspecified atom stereocenters. The number of rotatable bonds is 1. The van der Waals surface area contributed by atoms with Crippen LogP contribution in [0, 0.1) is 3.57 Å². The van der Waals surface area contributed by atoms with Crippen LogP contribution in [0.4, 0.5) is 5.69 Å². The number of nitrogens with one attached hydrogen (secondary N) is 1. The quantitative estimate of drug-likeness (QED) is 0.776. The zero-order valence-electron chi connectivity index (χ0n) is 11.0. The Balaban J connectivity index is 1.82. The van der Waals surface area contributed by atoms with Gasteiger partial charge in [0.05, 0.1) is 0 Å². The molecule has 98 valence electrons. The SMILES string of the molecule is CC1CNC2(CCCC2)CN1c1ccc(I)cc1. The molecule has 1 heterocycles. The fourth-order valence-corrected chi connectivity index (χ4v) is 3.74. The fourth-order valence-electron chi connectivity index (χ4n) is 3.38. The standard InChI is InChI=1S/C15H21IN2/c1-12-10-17-15(8-2-3-9-15)11-18(12)14-6-4-13(16)5-7-14/h4-7,12,17H,2-3,8-11H2,1H3. The predicted octanol–water partition coefficient (Wildman–Crippen LogP) is 3.40. The summed E-state index contributed by atoms with van der Waals surface area (Å²) in [6.07, 6.45) is 5.48. The first-order chi connectivity index (χ1) is 8.69. The van der Waals surface area contributed by atoms with Gasteiger partial charge < -0.3 is 10.2 Å². The molecule has 1 aromatic carbocycles. The van der Waals surface area contributed by atoms with Gasteiger partial charge in [0.2, 0.25) is 0 Å². The van der Waals surface area contributed by atoms with E-state index in [9.17, 15) is 0 Å². The van der Waals surface area contributed by atoms with E-state index in [1.807, 2.05) is 0 Å². The van der Waals surface area contributed by atoms with Gasteiger partial charge in [-0.1, -0.05) is 12.8 Å². The van der Waals surface area contributed by atoms with Gasteiger partial charge in [0, 0.05) is 33.9 Å². The Morgan fingerprint density at radius 3 is 2.56 bits per heavy atom. The summed E-state index contributed by atoms with van der Waals surface area (Å²) in [5.41, 5.74) is 1.78. The van der Waals surface area contributed by atoms with Crippen LogP contribution in [-0.2, 0) is 0 Å². The van der Waals surface area contributed by atoms with E-state index in [2.05, 4.69) is 64.0 Å². The van der Waals surface area contributed by atoms with Crippen molar-refractivity contribution < 1.29 is 0 Å². The minimum absolute atomic E-state index is 0.398. The van der Waals surface area contributed by atoms with Gasteiger partial charge in [0.1, 0.15) is 0 Å². The van der Waals surface area contributed by atoms with Gasteiger partial charge in [-0.25, -0.2) is 0 Å². The summed E-state index contributed by atoms with van der Waals surface area (Å²) in [5, 5.41) is 3.81. The lowest BCUT2D eigenvalue weighted by atomic mass is 9.92. The van der Waals surface area contributed by atoms with E-state index in [1.54, 1.807) is 0 Å². The Hall–Kier alpha value is -0.290. The molecular formula is C15H21IN2. The molecule has 0 radical (unpaired) electrons. The van der Waals surface area contributed by atoms with Crippen molar-refractivity contribution in [2.45, 2.75) is 44.2 Å². The molecule has 0 bridgehead atoms. The predicted molar refractivity (Wildman–Crippen MR) is 85.2 cm³/mol. The number of anilines is 1. The first-order valence-electron chi connectivity index (χ1n) is 6.96. The molecular weight excluding hydrogens is 335 g/mol. The third-order valence-electron chi connectivity index (χ3n) is 4.50. The van der Waals surface area contributed by atoms with Crippen molar-refractivity contribution in [2.75, 3.05) is 18.0 Å². The molecule has 1 saturated heterocycles. The summed E-state index contributed by atoms with van der Waals surface area (Å²) in [6, 6.07) is 9.56. The molecule has 18 heavy (non-hydrogen) atoms. The molecule has 2 aliphatic rings. The lowest BCUT2D eigenvalue weighted by Gasteiger charge is -2.46. The molecule has 1 atom stereocenters. The molecule has 1 N–H and O–H groups in total. The maximum atomic E-state index is 3.81. The van der Waals surface area contributed by atoms with E-state index < -0.39 is 0 Å². The third kappa shape index (κ3) is 2.39. The zero-order chi connectivity index (χ0) is 12.6. The van der Waals surface area contributed by atoms with Gasteiger partial charge in [0.25, 0.3) is 0 Å². The van der Waals surface area contributed by atoms with E-state index in [0.29, 0.717) is 11.6 Å². The minimum atomic E-state index is 0.398. The average molecular weight is 356 g/mol. The largest absolute Gasteiger partial charge is 0.366 e. The van der Waals surface area contributed by atoms with Crippen LogP contribution in [0.25, 0.3) is 0 Å². The Morgan fingerprint density at radius 2 is 1.89 bits per heavy atom. The second-order valence-corrected chi connectivity index (χ2v) is 7.07. The number of benzene rings is 1.